The first kappa shape index (κ1) is 24.1. The smallest absolute Gasteiger partial charge is 0.338 e. The van der Waals surface area contributed by atoms with Gasteiger partial charge >= 0.3 is 12.0 Å². The molecule has 174 valence electrons. The lowest BCUT2D eigenvalue weighted by Gasteiger charge is -2.24. The van der Waals surface area contributed by atoms with Crippen LogP contribution in [-0.4, -0.2) is 48.3 Å². The minimum absolute atomic E-state index is 0.237. The molecule has 0 saturated heterocycles. The number of aromatic nitrogens is 1. The number of carbonyl (C=O) groups excluding carboxylic acids is 2. The van der Waals surface area contributed by atoms with Gasteiger partial charge in [0.25, 0.3) is 0 Å². The molecule has 0 radical (unpaired) electrons. The summed E-state index contributed by atoms with van der Waals surface area (Å²) in [6.45, 7) is 6.19. The summed E-state index contributed by atoms with van der Waals surface area (Å²) in [4.78, 5) is 26.6. The van der Waals surface area contributed by atoms with Crippen molar-refractivity contribution in [1.82, 2.24) is 9.47 Å². The van der Waals surface area contributed by atoms with Crippen LogP contribution in [-0.2, 0) is 22.6 Å². The number of anilines is 1. The Morgan fingerprint density at radius 2 is 1.76 bits per heavy atom. The number of esters is 1. The van der Waals surface area contributed by atoms with Gasteiger partial charge in [0.1, 0.15) is 0 Å². The summed E-state index contributed by atoms with van der Waals surface area (Å²) in [7, 11) is 1.62. The Kier molecular flexibility index (Phi) is 8.66. The molecule has 7 heteroatoms. The third-order valence-corrected chi connectivity index (χ3v) is 5.25. The molecule has 7 nitrogen and oxygen atoms in total. The Balaban J connectivity index is 1.68. The SMILES string of the molecule is CCOC(=O)c1ccc(NC(=O)N(CCOC)Cc2cccn2Cc2ccc(C)cc2)cc1. The molecule has 1 N–H and O–H groups in total. The number of benzene rings is 2. The Bertz CT molecular complexity index is 1040. The minimum atomic E-state index is -0.383. The summed E-state index contributed by atoms with van der Waals surface area (Å²) < 4.78 is 12.4. The summed E-state index contributed by atoms with van der Waals surface area (Å²) in [6, 6.07) is 18.9. The summed E-state index contributed by atoms with van der Waals surface area (Å²) in [5, 5.41) is 2.91. The average molecular weight is 450 g/mol. The van der Waals surface area contributed by atoms with E-state index in [9.17, 15) is 9.59 Å². The number of amides is 2. The molecule has 0 saturated carbocycles. The van der Waals surface area contributed by atoms with Gasteiger partial charge in [0.15, 0.2) is 0 Å². The van der Waals surface area contributed by atoms with Crippen LogP contribution in [0.25, 0.3) is 0 Å². The topological polar surface area (TPSA) is 72.8 Å². The second-order valence-electron chi connectivity index (χ2n) is 7.76. The number of carbonyl (C=O) groups is 2. The van der Waals surface area contributed by atoms with Crippen LogP contribution in [0.4, 0.5) is 10.5 Å². The maximum absolute atomic E-state index is 13.0. The minimum Gasteiger partial charge on any atom is -0.462 e. The van der Waals surface area contributed by atoms with E-state index in [2.05, 4.69) is 41.1 Å². The van der Waals surface area contributed by atoms with Crippen LogP contribution >= 0.6 is 0 Å². The second-order valence-corrected chi connectivity index (χ2v) is 7.76. The maximum atomic E-state index is 13.0. The standard InChI is InChI=1S/C26H31N3O4/c1-4-33-25(30)22-11-13-23(14-12-22)27-26(31)29(16-17-32-3)19-24-6-5-15-28(24)18-21-9-7-20(2)8-10-21/h5-15H,4,16-19H2,1-3H3,(H,27,31). The predicted octanol–water partition coefficient (Wildman–Crippen LogP) is 4.70. The molecule has 1 aromatic heterocycles. The third-order valence-electron chi connectivity index (χ3n) is 5.25. The molecule has 0 bridgehead atoms. The molecule has 2 amide bonds. The molecule has 0 unspecified atom stereocenters. The van der Waals surface area contributed by atoms with Gasteiger partial charge in [-0.3, -0.25) is 0 Å². The molecular weight excluding hydrogens is 418 g/mol. The number of aryl methyl sites for hydroxylation is 1. The fourth-order valence-electron chi connectivity index (χ4n) is 3.39. The van der Waals surface area contributed by atoms with Gasteiger partial charge in [0, 0.05) is 37.8 Å². The predicted molar refractivity (Wildman–Crippen MR) is 128 cm³/mol. The van der Waals surface area contributed by atoms with Crippen molar-refractivity contribution < 1.29 is 19.1 Å². The fourth-order valence-corrected chi connectivity index (χ4v) is 3.39. The van der Waals surface area contributed by atoms with Crippen molar-refractivity contribution in [2.45, 2.75) is 26.9 Å². The van der Waals surface area contributed by atoms with Crippen molar-refractivity contribution in [3.05, 3.63) is 89.2 Å². The molecule has 0 aliphatic heterocycles. The lowest BCUT2D eigenvalue weighted by Crippen LogP contribution is -2.37. The largest absolute Gasteiger partial charge is 0.462 e. The molecule has 0 aliphatic carbocycles. The molecule has 3 aromatic rings. The number of hydrogen-bond donors (Lipinski definition) is 1. The van der Waals surface area contributed by atoms with E-state index in [1.165, 1.54) is 11.1 Å². The highest BCUT2D eigenvalue weighted by Crippen LogP contribution is 2.15. The zero-order valence-electron chi connectivity index (χ0n) is 19.4. The van der Waals surface area contributed by atoms with Crippen LogP contribution in [0.2, 0.25) is 0 Å². The average Bonchev–Trinajstić information content (AvgIpc) is 3.25. The number of methoxy groups -OCH3 is 1. The van der Waals surface area contributed by atoms with Crippen molar-refractivity contribution in [3.63, 3.8) is 0 Å². The number of hydrogen-bond acceptors (Lipinski definition) is 4. The summed E-state index contributed by atoms with van der Waals surface area (Å²) >= 11 is 0. The normalized spacial score (nSPS) is 10.6. The van der Waals surface area contributed by atoms with Crippen molar-refractivity contribution in [1.29, 1.82) is 0 Å². The van der Waals surface area contributed by atoms with E-state index in [0.717, 1.165) is 12.2 Å². The highest BCUT2D eigenvalue weighted by molar-refractivity contribution is 5.92. The second kappa shape index (κ2) is 11.9. The van der Waals surface area contributed by atoms with Crippen molar-refractivity contribution in [2.24, 2.45) is 0 Å². The van der Waals surface area contributed by atoms with Gasteiger partial charge in [-0.1, -0.05) is 29.8 Å². The van der Waals surface area contributed by atoms with Crippen LogP contribution in [0.1, 0.15) is 34.1 Å². The fraction of sp³-hybridized carbons (Fsp3) is 0.308. The van der Waals surface area contributed by atoms with Crippen LogP contribution in [0, 0.1) is 6.92 Å². The van der Waals surface area contributed by atoms with Gasteiger partial charge in [0.2, 0.25) is 0 Å². The molecule has 0 spiro atoms. The quantitative estimate of drug-likeness (QED) is 0.455. The van der Waals surface area contributed by atoms with E-state index in [0.29, 0.717) is 37.6 Å². The molecule has 33 heavy (non-hydrogen) atoms. The van der Waals surface area contributed by atoms with Crippen molar-refractivity contribution in [2.75, 3.05) is 32.2 Å². The Morgan fingerprint density at radius 1 is 1.03 bits per heavy atom. The first-order chi connectivity index (χ1) is 16.0. The van der Waals surface area contributed by atoms with Gasteiger partial charge in [-0.15, -0.1) is 0 Å². The summed E-state index contributed by atoms with van der Waals surface area (Å²) in [5.74, 6) is -0.383. The first-order valence-electron chi connectivity index (χ1n) is 11.0. The maximum Gasteiger partial charge on any atom is 0.338 e. The highest BCUT2D eigenvalue weighted by Gasteiger charge is 2.16. The Morgan fingerprint density at radius 3 is 2.42 bits per heavy atom. The van der Waals surface area contributed by atoms with Crippen LogP contribution < -0.4 is 5.32 Å². The van der Waals surface area contributed by atoms with Gasteiger partial charge in [-0.2, -0.15) is 0 Å². The molecule has 1 heterocycles. The van der Waals surface area contributed by atoms with Crippen LogP contribution in [0.5, 0.6) is 0 Å². The molecule has 0 fully saturated rings. The Labute approximate surface area is 194 Å². The van der Waals surface area contributed by atoms with E-state index in [1.807, 2.05) is 18.3 Å². The number of rotatable bonds is 10. The molecular formula is C26H31N3O4. The van der Waals surface area contributed by atoms with Crippen LogP contribution in [0.3, 0.4) is 0 Å². The van der Waals surface area contributed by atoms with E-state index >= 15 is 0 Å². The number of urea groups is 1. The zero-order valence-corrected chi connectivity index (χ0v) is 19.4. The lowest BCUT2D eigenvalue weighted by atomic mass is 10.1. The van der Waals surface area contributed by atoms with E-state index < -0.39 is 0 Å². The van der Waals surface area contributed by atoms with Gasteiger partial charge < -0.3 is 24.3 Å². The summed E-state index contributed by atoms with van der Waals surface area (Å²) in [6.07, 6.45) is 2.02. The van der Waals surface area contributed by atoms with Crippen LogP contribution in [0.15, 0.2) is 66.9 Å². The van der Waals surface area contributed by atoms with Gasteiger partial charge in [-0.25, -0.2) is 9.59 Å². The molecule has 0 atom stereocenters. The number of nitrogens with zero attached hydrogens (tertiary/aromatic N) is 2. The zero-order chi connectivity index (χ0) is 23.6. The molecule has 2 aromatic carbocycles. The summed E-state index contributed by atoms with van der Waals surface area (Å²) in [5.41, 5.74) is 4.50. The first-order valence-corrected chi connectivity index (χ1v) is 11.0. The van der Waals surface area contributed by atoms with E-state index in [4.69, 9.17) is 9.47 Å². The van der Waals surface area contributed by atoms with Crippen molar-refractivity contribution >= 4 is 17.7 Å². The van der Waals surface area contributed by atoms with E-state index in [-0.39, 0.29) is 12.0 Å². The number of nitrogens with one attached hydrogen (secondary N) is 1. The highest BCUT2D eigenvalue weighted by atomic mass is 16.5. The Hall–Kier alpha value is -3.58. The third kappa shape index (κ3) is 6.95. The van der Waals surface area contributed by atoms with E-state index in [1.54, 1.807) is 43.2 Å². The van der Waals surface area contributed by atoms with Crippen molar-refractivity contribution in [3.8, 4) is 0 Å². The molecule has 0 aliphatic rings. The van der Waals surface area contributed by atoms with Gasteiger partial charge in [-0.05, 0) is 55.8 Å². The lowest BCUT2D eigenvalue weighted by molar-refractivity contribution is 0.0526. The number of ether oxygens (including phenoxy) is 2. The monoisotopic (exact) mass is 449 g/mol. The van der Waals surface area contributed by atoms with Gasteiger partial charge in [0.05, 0.1) is 25.3 Å². The molecule has 3 rings (SSSR count).